The molecule has 0 spiro atoms. The molecule has 0 saturated carbocycles. The Kier molecular flexibility index (Phi) is 5.94. The van der Waals surface area contributed by atoms with Gasteiger partial charge in [-0.25, -0.2) is 14.8 Å². The van der Waals surface area contributed by atoms with E-state index in [-0.39, 0.29) is 40.9 Å². The van der Waals surface area contributed by atoms with Gasteiger partial charge in [0.05, 0.1) is 18.5 Å². The number of rotatable bonds is 7. The van der Waals surface area contributed by atoms with Gasteiger partial charge in [0.1, 0.15) is 0 Å². The van der Waals surface area contributed by atoms with Crippen molar-refractivity contribution in [1.29, 1.82) is 0 Å². The summed E-state index contributed by atoms with van der Waals surface area (Å²) >= 11 is 0. The quantitative estimate of drug-likeness (QED) is 0.368. The van der Waals surface area contributed by atoms with Crippen molar-refractivity contribution in [2.24, 2.45) is 4.99 Å². The maximum atomic E-state index is 12.7. The average molecular weight is 378 g/mol. The Labute approximate surface area is 160 Å². The maximum absolute atomic E-state index is 12.7. The largest absolute Gasteiger partial charge is 0.505 e. The van der Waals surface area contributed by atoms with E-state index < -0.39 is 5.91 Å². The Bertz CT molecular complexity index is 1100. The molecule has 2 heterocycles. The van der Waals surface area contributed by atoms with Crippen molar-refractivity contribution < 1.29 is 14.7 Å². The van der Waals surface area contributed by atoms with E-state index in [0.29, 0.717) is 13.0 Å². The van der Waals surface area contributed by atoms with Crippen LogP contribution in [-0.4, -0.2) is 39.7 Å². The normalized spacial score (nSPS) is 10.4. The van der Waals surface area contributed by atoms with Gasteiger partial charge >= 0.3 is 0 Å². The molecule has 2 aromatic heterocycles. The van der Waals surface area contributed by atoms with Crippen molar-refractivity contribution in [3.63, 3.8) is 0 Å². The first-order valence-corrected chi connectivity index (χ1v) is 8.68. The summed E-state index contributed by atoms with van der Waals surface area (Å²) < 4.78 is 1.52. The molecule has 0 aliphatic heterocycles. The van der Waals surface area contributed by atoms with E-state index in [1.807, 2.05) is 30.3 Å². The van der Waals surface area contributed by atoms with Crippen LogP contribution in [0.2, 0.25) is 0 Å². The summed E-state index contributed by atoms with van der Waals surface area (Å²) in [5, 5.41) is 13.5. The summed E-state index contributed by atoms with van der Waals surface area (Å²) in [5.41, 5.74) is 0.505. The molecular weight excluding hydrogens is 360 g/mol. The molecule has 3 aromatic rings. The third kappa shape index (κ3) is 4.13. The first-order chi connectivity index (χ1) is 13.6. The van der Waals surface area contributed by atoms with E-state index in [2.05, 4.69) is 15.3 Å². The third-order valence-corrected chi connectivity index (χ3v) is 4.21. The fourth-order valence-corrected chi connectivity index (χ4v) is 2.80. The van der Waals surface area contributed by atoms with Crippen LogP contribution in [0.4, 0.5) is 0 Å². The van der Waals surface area contributed by atoms with Crippen LogP contribution in [0.5, 0.6) is 5.75 Å². The van der Waals surface area contributed by atoms with Crippen molar-refractivity contribution in [1.82, 2.24) is 14.9 Å². The number of hydrogen-bond acceptors (Lipinski definition) is 6. The highest BCUT2D eigenvalue weighted by Gasteiger charge is 2.17. The molecule has 1 aromatic carbocycles. The van der Waals surface area contributed by atoms with Gasteiger partial charge in [0.25, 0.3) is 11.5 Å². The van der Waals surface area contributed by atoms with Crippen LogP contribution in [0, 0.1) is 0 Å². The predicted octanol–water partition coefficient (Wildman–Crippen LogP) is 1.61. The van der Waals surface area contributed by atoms with E-state index in [4.69, 9.17) is 0 Å². The van der Waals surface area contributed by atoms with Gasteiger partial charge in [-0.2, -0.15) is 0 Å². The molecule has 0 radical (unpaired) electrons. The molecule has 2 N–H and O–H groups in total. The molecule has 0 bridgehead atoms. The number of amides is 1. The summed E-state index contributed by atoms with van der Waals surface area (Å²) in [7, 11) is 0. The monoisotopic (exact) mass is 378 g/mol. The Balaban J connectivity index is 1.84. The average Bonchev–Trinajstić information content (AvgIpc) is 2.71. The fourth-order valence-electron chi connectivity index (χ4n) is 2.80. The Hall–Kier alpha value is -3.77. The van der Waals surface area contributed by atoms with E-state index >= 15 is 0 Å². The number of aromatic hydroxyl groups is 1. The van der Waals surface area contributed by atoms with Crippen molar-refractivity contribution >= 4 is 22.8 Å². The van der Waals surface area contributed by atoms with Crippen LogP contribution in [0.25, 0.3) is 10.8 Å². The van der Waals surface area contributed by atoms with Crippen LogP contribution >= 0.6 is 0 Å². The zero-order valence-electron chi connectivity index (χ0n) is 15.0. The second-order valence-electron chi connectivity index (χ2n) is 6.10. The number of nitrogens with zero attached hydrogens (tertiary/aromatic N) is 3. The second-order valence-corrected chi connectivity index (χ2v) is 6.10. The number of fused-ring (bicyclic) bond motifs is 1. The molecule has 0 unspecified atom stereocenters. The Morgan fingerprint density at radius 3 is 2.75 bits per heavy atom. The lowest BCUT2D eigenvalue weighted by Gasteiger charge is -2.10. The molecular formula is C20H18N4O4. The molecule has 142 valence electrons. The number of benzene rings is 1. The summed E-state index contributed by atoms with van der Waals surface area (Å²) in [6, 6.07) is 11.1. The number of aliphatic imine (C=N–C) groups is 1. The molecule has 8 nitrogen and oxygen atoms in total. The van der Waals surface area contributed by atoms with Crippen LogP contribution in [0.15, 0.2) is 58.6 Å². The van der Waals surface area contributed by atoms with Crippen molar-refractivity contribution in [2.45, 2.75) is 13.0 Å². The molecule has 0 aliphatic carbocycles. The number of aromatic nitrogens is 2. The second kappa shape index (κ2) is 8.75. The molecule has 3 rings (SSSR count). The molecule has 0 fully saturated rings. The fraction of sp³-hybridized carbons (Fsp3) is 0.200. The number of hydrogen-bond donors (Lipinski definition) is 2. The minimum absolute atomic E-state index is 0.161. The molecule has 28 heavy (non-hydrogen) atoms. The molecule has 8 heteroatoms. The number of pyridine rings is 2. The van der Waals surface area contributed by atoms with Crippen molar-refractivity contribution in [3.05, 3.63) is 70.4 Å². The van der Waals surface area contributed by atoms with E-state index in [9.17, 15) is 19.5 Å². The van der Waals surface area contributed by atoms with Crippen LogP contribution in [-0.2, 0) is 11.3 Å². The lowest BCUT2D eigenvalue weighted by atomic mass is 10.1. The van der Waals surface area contributed by atoms with Gasteiger partial charge in [0, 0.05) is 24.3 Å². The van der Waals surface area contributed by atoms with E-state index in [0.717, 1.165) is 5.56 Å². The zero-order valence-corrected chi connectivity index (χ0v) is 15.0. The first-order valence-electron chi connectivity index (χ1n) is 8.68. The van der Waals surface area contributed by atoms with Crippen LogP contribution in [0.1, 0.15) is 22.5 Å². The Morgan fingerprint density at radius 1 is 1.21 bits per heavy atom. The molecule has 0 aliphatic rings. The SMILES string of the molecule is O=C=NCCCNC(=O)c1ncc2c(=O)n(Cc3ccccc3)ccc2c1O. The molecule has 0 atom stereocenters. The zero-order chi connectivity index (χ0) is 19.9. The highest BCUT2D eigenvalue weighted by molar-refractivity contribution is 6.01. The number of nitrogens with one attached hydrogen (secondary N) is 1. The van der Waals surface area contributed by atoms with Gasteiger partial charge in [-0.15, -0.1) is 0 Å². The maximum Gasteiger partial charge on any atom is 0.273 e. The minimum Gasteiger partial charge on any atom is -0.505 e. The topological polar surface area (TPSA) is 114 Å². The molecule has 1 amide bonds. The van der Waals surface area contributed by atoms with E-state index in [1.165, 1.54) is 16.8 Å². The van der Waals surface area contributed by atoms with Crippen LogP contribution in [0.3, 0.4) is 0 Å². The standard InChI is InChI=1S/C20H18N4O4/c25-13-21-8-4-9-22-19(27)17-18(26)15-7-10-24(20(28)16(15)11-23-17)12-14-5-2-1-3-6-14/h1-3,5-7,10-11,26H,4,8-9,12H2,(H,22,27). The lowest BCUT2D eigenvalue weighted by molar-refractivity contribution is 0.0946. The predicted molar refractivity (Wildman–Crippen MR) is 103 cm³/mol. The van der Waals surface area contributed by atoms with Gasteiger partial charge in [-0.3, -0.25) is 9.59 Å². The number of carbonyl (C=O) groups is 1. The Morgan fingerprint density at radius 2 is 2.00 bits per heavy atom. The van der Waals surface area contributed by atoms with Gasteiger partial charge in [-0.05, 0) is 18.1 Å². The minimum atomic E-state index is -0.567. The van der Waals surface area contributed by atoms with E-state index in [1.54, 1.807) is 12.3 Å². The van der Waals surface area contributed by atoms with Crippen molar-refractivity contribution in [2.75, 3.05) is 13.1 Å². The smallest absolute Gasteiger partial charge is 0.273 e. The first kappa shape index (κ1) is 19.0. The van der Waals surface area contributed by atoms with Crippen molar-refractivity contribution in [3.8, 4) is 5.75 Å². The number of carbonyl (C=O) groups excluding carboxylic acids is 2. The third-order valence-electron chi connectivity index (χ3n) is 4.21. The number of isocyanates is 1. The van der Waals surface area contributed by atoms with Gasteiger partial charge < -0.3 is 15.0 Å². The summed E-state index contributed by atoms with van der Waals surface area (Å²) in [4.78, 5) is 42.3. The van der Waals surface area contributed by atoms with Crippen LogP contribution < -0.4 is 10.9 Å². The summed E-state index contributed by atoms with van der Waals surface area (Å²) in [5.74, 6) is -0.909. The van der Waals surface area contributed by atoms with Gasteiger partial charge in [-0.1, -0.05) is 30.3 Å². The summed E-state index contributed by atoms with van der Waals surface area (Å²) in [6.45, 7) is 0.908. The van der Waals surface area contributed by atoms with Gasteiger partial charge in [0.15, 0.2) is 11.4 Å². The van der Waals surface area contributed by atoms with Gasteiger partial charge in [0.2, 0.25) is 6.08 Å². The summed E-state index contributed by atoms with van der Waals surface area (Å²) in [6.07, 6.45) is 4.75. The molecule has 0 saturated heterocycles. The highest BCUT2D eigenvalue weighted by atomic mass is 16.3. The lowest BCUT2D eigenvalue weighted by Crippen LogP contribution is -2.26. The highest BCUT2D eigenvalue weighted by Crippen LogP contribution is 2.24.